The summed E-state index contributed by atoms with van der Waals surface area (Å²) in [5, 5.41) is 18.9. The molecule has 0 fully saturated rings. The molecule has 0 spiro atoms. The number of carbonyl (C=O) groups is 1. The van der Waals surface area contributed by atoms with E-state index in [1.165, 1.54) is 6.92 Å². The van der Waals surface area contributed by atoms with Crippen molar-refractivity contribution in [2.24, 2.45) is 0 Å². The molecule has 0 heterocycles. The Kier molecular flexibility index (Phi) is 3.27. The van der Waals surface area contributed by atoms with Gasteiger partial charge in [0.2, 0.25) is 0 Å². The smallest absolute Gasteiger partial charge is 0.340 e. The number of hydrogen-bond donors (Lipinski definition) is 3. The fourth-order valence-electron chi connectivity index (χ4n) is 1.93. The zero-order chi connectivity index (χ0) is 14.0. The minimum atomic E-state index is -1.99. The zero-order valence-corrected chi connectivity index (χ0v) is 10.5. The normalized spacial score (nSPS) is 13.8. The summed E-state index contributed by atoms with van der Waals surface area (Å²) in [5.41, 5.74) is 6.18. The molecule has 1 atom stereocenters. The van der Waals surface area contributed by atoms with E-state index in [1.807, 2.05) is 30.3 Å². The van der Waals surface area contributed by atoms with Gasteiger partial charge in [0.1, 0.15) is 0 Å². The number of benzene rings is 2. The predicted molar refractivity (Wildman–Crippen MR) is 73.5 cm³/mol. The SMILES string of the molecule is CC(O)(C(=O)O)c1ccc(-c2ccccc2)cc1N. The molecule has 98 valence electrons. The molecule has 0 aliphatic heterocycles. The van der Waals surface area contributed by atoms with Gasteiger partial charge in [-0.25, -0.2) is 4.79 Å². The molecule has 4 heteroatoms. The van der Waals surface area contributed by atoms with E-state index in [1.54, 1.807) is 18.2 Å². The second-order valence-electron chi connectivity index (χ2n) is 4.55. The van der Waals surface area contributed by atoms with Crippen LogP contribution in [-0.2, 0) is 10.4 Å². The fraction of sp³-hybridized carbons (Fsp3) is 0.133. The second-order valence-corrected chi connectivity index (χ2v) is 4.55. The first-order valence-electron chi connectivity index (χ1n) is 5.84. The van der Waals surface area contributed by atoms with Crippen molar-refractivity contribution in [3.63, 3.8) is 0 Å². The molecular weight excluding hydrogens is 242 g/mol. The number of anilines is 1. The van der Waals surface area contributed by atoms with Gasteiger partial charge in [0, 0.05) is 11.3 Å². The number of aliphatic hydroxyl groups is 1. The summed E-state index contributed by atoms with van der Waals surface area (Å²) in [5.74, 6) is -1.33. The van der Waals surface area contributed by atoms with Crippen molar-refractivity contribution < 1.29 is 15.0 Å². The monoisotopic (exact) mass is 257 g/mol. The molecule has 4 N–H and O–H groups in total. The van der Waals surface area contributed by atoms with Gasteiger partial charge in [0.25, 0.3) is 0 Å². The number of rotatable bonds is 3. The number of hydrogen-bond acceptors (Lipinski definition) is 3. The van der Waals surface area contributed by atoms with Crippen LogP contribution in [0.5, 0.6) is 0 Å². The Morgan fingerprint density at radius 1 is 1.11 bits per heavy atom. The van der Waals surface area contributed by atoms with Gasteiger partial charge in [-0.1, -0.05) is 42.5 Å². The molecule has 0 aromatic heterocycles. The zero-order valence-electron chi connectivity index (χ0n) is 10.5. The predicted octanol–water partition coefficient (Wildman–Crippen LogP) is 2.23. The first kappa shape index (κ1) is 13.1. The summed E-state index contributed by atoms with van der Waals surface area (Å²) < 4.78 is 0. The van der Waals surface area contributed by atoms with Gasteiger partial charge in [-0.3, -0.25) is 0 Å². The molecule has 2 aromatic carbocycles. The molecule has 0 amide bonds. The molecule has 19 heavy (non-hydrogen) atoms. The van der Waals surface area contributed by atoms with Gasteiger partial charge in [-0.15, -0.1) is 0 Å². The maximum Gasteiger partial charge on any atom is 0.340 e. The number of nitrogens with two attached hydrogens (primary N) is 1. The van der Waals surface area contributed by atoms with Crippen LogP contribution < -0.4 is 5.73 Å². The maximum atomic E-state index is 11.0. The lowest BCUT2D eigenvalue weighted by atomic mass is 9.92. The molecule has 0 saturated carbocycles. The summed E-state index contributed by atoms with van der Waals surface area (Å²) in [6.45, 7) is 1.21. The third kappa shape index (κ3) is 2.44. The third-order valence-electron chi connectivity index (χ3n) is 3.10. The summed E-state index contributed by atoms with van der Waals surface area (Å²) in [6.07, 6.45) is 0. The molecule has 0 radical (unpaired) electrons. The van der Waals surface area contributed by atoms with Crippen LogP contribution in [0.3, 0.4) is 0 Å². The van der Waals surface area contributed by atoms with E-state index in [2.05, 4.69) is 0 Å². The highest BCUT2D eigenvalue weighted by molar-refractivity contribution is 5.82. The summed E-state index contributed by atoms with van der Waals surface area (Å²) >= 11 is 0. The van der Waals surface area contributed by atoms with Crippen LogP contribution in [0.1, 0.15) is 12.5 Å². The molecule has 0 bridgehead atoms. The van der Waals surface area contributed by atoms with Crippen LogP contribution in [0.2, 0.25) is 0 Å². The highest BCUT2D eigenvalue weighted by Crippen LogP contribution is 2.30. The first-order valence-corrected chi connectivity index (χ1v) is 5.84. The van der Waals surface area contributed by atoms with E-state index < -0.39 is 11.6 Å². The molecule has 1 unspecified atom stereocenters. The molecule has 4 nitrogen and oxygen atoms in total. The third-order valence-corrected chi connectivity index (χ3v) is 3.10. The Morgan fingerprint density at radius 3 is 2.26 bits per heavy atom. The van der Waals surface area contributed by atoms with Crippen molar-refractivity contribution in [2.75, 3.05) is 5.73 Å². The lowest BCUT2D eigenvalue weighted by Crippen LogP contribution is -2.32. The average molecular weight is 257 g/mol. The number of carboxylic acid groups (broad SMARTS) is 1. The Morgan fingerprint density at radius 2 is 1.74 bits per heavy atom. The van der Waals surface area contributed by atoms with Crippen molar-refractivity contribution in [3.05, 3.63) is 54.1 Å². The van der Waals surface area contributed by atoms with Gasteiger partial charge < -0.3 is 15.9 Å². The second kappa shape index (κ2) is 4.74. The van der Waals surface area contributed by atoms with Crippen molar-refractivity contribution in [1.82, 2.24) is 0 Å². The molecule has 0 saturated heterocycles. The van der Waals surface area contributed by atoms with Crippen LogP contribution in [0.25, 0.3) is 11.1 Å². The topological polar surface area (TPSA) is 83.5 Å². The largest absolute Gasteiger partial charge is 0.479 e. The molecular formula is C15H15NO3. The lowest BCUT2D eigenvalue weighted by Gasteiger charge is -2.20. The van der Waals surface area contributed by atoms with Gasteiger partial charge in [-0.05, 0) is 24.1 Å². The number of carboxylic acids is 1. The highest BCUT2D eigenvalue weighted by atomic mass is 16.4. The van der Waals surface area contributed by atoms with Crippen LogP contribution in [0.4, 0.5) is 5.69 Å². The van der Waals surface area contributed by atoms with E-state index >= 15 is 0 Å². The Balaban J connectivity index is 2.47. The maximum absolute atomic E-state index is 11.0. The minimum absolute atomic E-state index is 0.194. The molecule has 0 aliphatic carbocycles. The fourth-order valence-corrected chi connectivity index (χ4v) is 1.93. The van der Waals surface area contributed by atoms with Gasteiger partial charge in [-0.2, -0.15) is 0 Å². The lowest BCUT2D eigenvalue weighted by molar-refractivity contribution is -0.157. The van der Waals surface area contributed by atoms with Crippen LogP contribution in [0.15, 0.2) is 48.5 Å². The van der Waals surface area contributed by atoms with E-state index in [4.69, 9.17) is 10.8 Å². The van der Waals surface area contributed by atoms with Crippen LogP contribution in [-0.4, -0.2) is 16.2 Å². The van der Waals surface area contributed by atoms with Crippen LogP contribution >= 0.6 is 0 Å². The highest BCUT2D eigenvalue weighted by Gasteiger charge is 2.34. The van der Waals surface area contributed by atoms with E-state index in [0.29, 0.717) is 0 Å². The number of aliphatic carboxylic acids is 1. The molecule has 2 aromatic rings. The van der Waals surface area contributed by atoms with Crippen molar-refractivity contribution in [3.8, 4) is 11.1 Å². The minimum Gasteiger partial charge on any atom is -0.479 e. The Bertz CT molecular complexity index is 606. The quantitative estimate of drug-likeness (QED) is 0.736. The van der Waals surface area contributed by atoms with Gasteiger partial charge in [0.15, 0.2) is 5.60 Å². The van der Waals surface area contributed by atoms with Crippen LogP contribution in [0, 0.1) is 0 Å². The Hall–Kier alpha value is -2.33. The summed E-state index contributed by atoms with van der Waals surface area (Å²) in [7, 11) is 0. The average Bonchev–Trinajstić information content (AvgIpc) is 2.39. The van der Waals surface area contributed by atoms with Crippen molar-refractivity contribution in [1.29, 1.82) is 0 Å². The van der Waals surface area contributed by atoms with Gasteiger partial charge >= 0.3 is 5.97 Å². The first-order chi connectivity index (χ1) is 8.93. The molecule has 0 aliphatic rings. The van der Waals surface area contributed by atoms with Crippen molar-refractivity contribution in [2.45, 2.75) is 12.5 Å². The Labute approximate surface area is 111 Å². The summed E-state index contributed by atoms with van der Waals surface area (Å²) in [4.78, 5) is 11.0. The van der Waals surface area contributed by atoms with Gasteiger partial charge in [0.05, 0.1) is 0 Å². The van der Waals surface area contributed by atoms with E-state index in [9.17, 15) is 9.90 Å². The van der Waals surface area contributed by atoms with E-state index in [0.717, 1.165) is 11.1 Å². The van der Waals surface area contributed by atoms with E-state index in [-0.39, 0.29) is 11.3 Å². The molecule has 2 rings (SSSR count). The van der Waals surface area contributed by atoms with Crippen molar-refractivity contribution >= 4 is 11.7 Å². The number of nitrogen functional groups attached to an aromatic ring is 1. The summed E-state index contributed by atoms with van der Waals surface area (Å²) in [6, 6.07) is 14.6. The standard InChI is InChI=1S/C15H15NO3/c1-15(19,14(17)18)12-8-7-11(9-13(12)16)10-5-3-2-4-6-10/h2-9,19H,16H2,1H3,(H,17,18).